The van der Waals surface area contributed by atoms with Crippen LogP contribution in [0.4, 0.5) is 0 Å². The standard InChI is InChI=1S/C12H11NOS2/c13-12(15)10-2-1-3-11(6-10)14-7-9-4-5-16-8-9/h1-6,8H,7H2,(H2,13,15). The molecule has 0 radical (unpaired) electrons. The van der Waals surface area contributed by atoms with Crippen LogP contribution in [0.25, 0.3) is 0 Å². The molecule has 2 aromatic rings. The fourth-order valence-electron chi connectivity index (χ4n) is 1.28. The molecule has 82 valence electrons. The summed E-state index contributed by atoms with van der Waals surface area (Å²) < 4.78 is 5.63. The Morgan fingerprint density at radius 3 is 2.94 bits per heavy atom. The molecule has 1 aromatic carbocycles. The topological polar surface area (TPSA) is 35.2 Å². The van der Waals surface area contributed by atoms with Gasteiger partial charge in [0.2, 0.25) is 0 Å². The van der Waals surface area contributed by atoms with Crippen LogP contribution in [-0.4, -0.2) is 4.99 Å². The van der Waals surface area contributed by atoms with E-state index in [9.17, 15) is 0 Å². The molecule has 0 saturated carbocycles. The smallest absolute Gasteiger partial charge is 0.120 e. The number of nitrogens with two attached hydrogens (primary N) is 1. The van der Waals surface area contributed by atoms with Crippen molar-refractivity contribution in [3.63, 3.8) is 0 Å². The van der Waals surface area contributed by atoms with E-state index in [1.165, 1.54) is 5.56 Å². The van der Waals surface area contributed by atoms with E-state index in [4.69, 9.17) is 22.7 Å². The second kappa shape index (κ2) is 5.09. The van der Waals surface area contributed by atoms with E-state index < -0.39 is 0 Å². The molecular formula is C12H11NOS2. The number of thiophene rings is 1. The van der Waals surface area contributed by atoms with Gasteiger partial charge in [-0.1, -0.05) is 24.4 Å². The lowest BCUT2D eigenvalue weighted by atomic mass is 10.2. The fourth-order valence-corrected chi connectivity index (χ4v) is 2.06. The van der Waals surface area contributed by atoms with E-state index in [0.717, 1.165) is 11.3 Å². The zero-order valence-corrected chi connectivity index (χ0v) is 10.2. The molecule has 0 spiro atoms. The van der Waals surface area contributed by atoms with Gasteiger partial charge < -0.3 is 10.5 Å². The van der Waals surface area contributed by atoms with Gasteiger partial charge in [-0.3, -0.25) is 0 Å². The first-order valence-corrected chi connectivity index (χ1v) is 6.14. The van der Waals surface area contributed by atoms with E-state index >= 15 is 0 Å². The third-order valence-corrected chi connectivity index (χ3v) is 3.07. The lowest BCUT2D eigenvalue weighted by Crippen LogP contribution is -2.09. The minimum absolute atomic E-state index is 0.390. The number of hydrogen-bond donors (Lipinski definition) is 1. The van der Waals surface area contributed by atoms with E-state index in [1.54, 1.807) is 11.3 Å². The Morgan fingerprint density at radius 2 is 2.25 bits per heavy atom. The van der Waals surface area contributed by atoms with Crippen molar-refractivity contribution in [2.45, 2.75) is 6.61 Å². The third kappa shape index (κ3) is 2.81. The van der Waals surface area contributed by atoms with Crippen LogP contribution < -0.4 is 10.5 Å². The first kappa shape index (κ1) is 11.1. The molecule has 0 unspecified atom stereocenters. The van der Waals surface area contributed by atoms with Crippen molar-refractivity contribution < 1.29 is 4.74 Å². The van der Waals surface area contributed by atoms with E-state index in [1.807, 2.05) is 35.7 Å². The van der Waals surface area contributed by atoms with Gasteiger partial charge >= 0.3 is 0 Å². The van der Waals surface area contributed by atoms with Crippen LogP contribution in [0.3, 0.4) is 0 Å². The maximum absolute atomic E-state index is 5.63. The number of rotatable bonds is 4. The SMILES string of the molecule is NC(=S)c1cccc(OCc2ccsc2)c1. The summed E-state index contributed by atoms with van der Waals surface area (Å²) in [7, 11) is 0. The predicted molar refractivity (Wildman–Crippen MR) is 71.0 cm³/mol. The van der Waals surface area contributed by atoms with Crippen LogP contribution in [-0.2, 0) is 6.61 Å². The minimum atomic E-state index is 0.390. The summed E-state index contributed by atoms with van der Waals surface area (Å²) in [6.07, 6.45) is 0. The highest BCUT2D eigenvalue weighted by Gasteiger charge is 2.00. The Kier molecular flexibility index (Phi) is 3.54. The fraction of sp³-hybridized carbons (Fsp3) is 0.0833. The normalized spacial score (nSPS) is 10.0. The quantitative estimate of drug-likeness (QED) is 0.846. The summed E-state index contributed by atoms with van der Waals surface area (Å²) in [6, 6.07) is 9.56. The number of ether oxygens (including phenoxy) is 1. The summed E-state index contributed by atoms with van der Waals surface area (Å²) >= 11 is 6.57. The van der Waals surface area contributed by atoms with Crippen LogP contribution in [0.5, 0.6) is 5.75 Å². The van der Waals surface area contributed by atoms with Crippen molar-refractivity contribution in [3.05, 3.63) is 52.2 Å². The molecule has 1 aromatic heterocycles. The van der Waals surface area contributed by atoms with E-state index in [-0.39, 0.29) is 0 Å². The molecule has 0 fully saturated rings. The van der Waals surface area contributed by atoms with Gasteiger partial charge in [0, 0.05) is 5.56 Å². The number of hydrogen-bond acceptors (Lipinski definition) is 3. The van der Waals surface area contributed by atoms with Crippen LogP contribution in [0.1, 0.15) is 11.1 Å². The molecule has 0 saturated heterocycles. The van der Waals surface area contributed by atoms with Crippen molar-refractivity contribution >= 4 is 28.5 Å². The largest absolute Gasteiger partial charge is 0.489 e. The molecule has 0 bridgehead atoms. The monoisotopic (exact) mass is 249 g/mol. The van der Waals surface area contributed by atoms with E-state index in [2.05, 4.69) is 5.38 Å². The molecule has 0 aliphatic rings. The molecule has 2 N–H and O–H groups in total. The summed E-state index contributed by atoms with van der Waals surface area (Å²) in [4.78, 5) is 0.390. The predicted octanol–water partition coefficient (Wildman–Crippen LogP) is 2.96. The molecule has 0 atom stereocenters. The number of benzene rings is 1. The van der Waals surface area contributed by atoms with Crippen LogP contribution in [0.15, 0.2) is 41.1 Å². The van der Waals surface area contributed by atoms with Gasteiger partial charge in [0.05, 0.1) is 0 Å². The molecule has 1 heterocycles. The Morgan fingerprint density at radius 1 is 1.38 bits per heavy atom. The van der Waals surface area contributed by atoms with Crippen LogP contribution in [0, 0.1) is 0 Å². The maximum atomic E-state index is 5.63. The second-order valence-corrected chi connectivity index (χ2v) is 4.53. The van der Waals surface area contributed by atoms with Gasteiger partial charge in [-0.05, 0) is 34.5 Å². The van der Waals surface area contributed by atoms with Gasteiger partial charge in [-0.25, -0.2) is 0 Å². The van der Waals surface area contributed by atoms with Gasteiger partial charge in [0.1, 0.15) is 17.3 Å². The van der Waals surface area contributed by atoms with Crippen molar-refractivity contribution in [3.8, 4) is 5.75 Å². The molecular weight excluding hydrogens is 238 g/mol. The molecule has 2 rings (SSSR count). The van der Waals surface area contributed by atoms with Crippen molar-refractivity contribution in [1.29, 1.82) is 0 Å². The first-order valence-electron chi connectivity index (χ1n) is 4.79. The highest BCUT2D eigenvalue weighted by Crippen LogP contribution is 2.16. The molecule has 0 aliphatic carbocycles. The second-order valence-electron chi connectivity index (χ2n) is 3.31. The zero-order valence-electron chi connectivity index (χ0n) is 8.55. The molecule has 0 amide bonds. The summed E-state index contributed by atoms with van der Waals surface area (Å²) in [5.41, 5.74) is 7.55. The van der Waals surface area contributed by atoms with Crippen molar-refractivity contribution in [1.82, 2.24) is 0 Å². The highest BCUT2D eigenvalue weighted by molar-refractivity contribution is 7.80. The van der Waals surface area contributed by atoms with Crippen molar-refractivity contribution in [2.24, 2.45) is 5.73 Å². The molecule has 4 heteroatoms. The molecule has 16 heavy (non-hydrogen) atoms. The van der Waals surface area contributed by atoms with Gasteiger partial charge in [-0.15, -0.1) is 0 Å². The van der Waals surface area contributed by atoms with Gasteiger partial charge in [0.15, 0.2) is 0 Å². The van der Waals surface area contributed by atoms with Crippen molar-refractivity contribution in [2.75, 3.05) is 0 Å². The minimum Gasteiger partial charge on any atom is -0.489 e. The van der Waals surface area contributed by atoms with Gasteiger partial charge in [0.25, 0.3) is 0 Å². The average Bonchev–Trinajstić information content (AvgIpc) is 2.79. The van der Waals surface area contributed by atoms with Gasteiger partial charge in [-0.2, -0.15) is 11.3 Å². The summed E-state index contributed by atoms with van der Waals surface area (Å²) in [6.45, 7) is 0.574. The summed E-state index contributed by atoms with van der Waals surface area (Å²) in [5, 5.41) is 4.10. The Labute approximate surface area is 104 Å². The first-order chi connectivity index (χ1) is 7.75. The Bertz CT molecular complexity index is 480. The molecule has 0 aliphatic heterocycles. The molecule has 2 nitrogen and oxygen atoms in total. The lowest BCUT2D eigenvalue weighted by molar-refractivity contribution is 0.306. The maximum Gasteiger partial charge on any atom is 0.120 e. The third-order valence-electron chi connectivity index (χ3n) is 2.10. The highest BCUT2D eigenvalue weighted by atomic mass is 32.1. The van der Waals surface area contributed by atoms with E-state index in [0.29, 0.717) is 11.6 Å². The Balaban J connectivity index is 2.04. The number of thiocarbonyl (C=S) groups is 1. The average molecular weight is 249 g/mol. The van der Waals surface area contributed by atoms with Crippen LogP contribution >= 0.6 is 23.6 Å². The zero-order chi connectivity index (χ0) is 11.4. The summed E-state index contributed by atoms with van der Waals surface area (Å²) in [5.74, 6) is 0.788. The lowest BCUT2D eigenvalue weighted by Gasteiger charge is -2.06. The van der Waals surface area contributed by atoms with Crippen LogP contribution in [0.2, 0.25) is 0 Å². The Hall–Kier alpha value is -1.39.